The molecule has 3 rings (SSSR count). The predicted octanol–water partition coefficient (Wildman–Crippen LogP) is 4.32. The summed E-state index contributed by atoms with van der Waals surface area (Å²) < 4.78 is 5.89. The number of nitro benzene ring substituents is 1. The average Bonchev–Trinajstić information content (AvgIpc) is 3.11. The fourth-order valence-corrected chi connectivity index (χ4v) is 3.09. The van der Waals surface area contributed by atoms with Crippen molar-refractivity contribution in [1.29, 1.82) is 0 Å². The SMILES string of the molecule is CC(N)c1nc(-c2cc([N+](=O)[O-])ccc2OCc2ccccc2)cs1. The molecule has 0 aliphatic heterocycles. The third-order valence-electron chi connectivity index (χ3n) is 3.60. The topological polar surface area (TPSA) is 91.3 Å². The third kappa shape index (κ3) is 4.01. The minimum atomic E-state index is -0.427. The molecule has 0 bridgehead atoms. The lowest BCUT2D eigenvalue weighted by Gasteiger charge is -2.10. The van der Waals surface area contributed by atoms with Gasteiger partial charge < -0.3 is 10.5 Å². The predicted molar refractivity (Wildman–Crippen MR) is 97.6 cm³/mol. The van der Waals surface area contributed by atoms with Gasteiger partial charge in [0.25, 0.3) is 5.69 Å². The standard InChI is InChI=1S/C18H17N3O3S/c1-12(19)18-20-16(11-25-18)15-9-14(21(22)23)7-8-17(15)24-10-13-5-3-2-4-6-13/h2-9,11-12H,10,19H2,1H3. The van der Waals surface area contributed by atoms with E-state index in [-0.39, 0.29) is 11.7 Å². The number of hydrogen-bond donors (Lipinski definition) is 1. The molecule has 1 unspecified atom stereocenters. The van der Waals surface area contributed by atoms with Gasteiger partial charge in [-0.25, -0.2) is 4.98 Å². The average molecular weight is 355 g/mol. The molecule has 25 heavy (non-hydrogen) atoms. The smallest absolute Gasteiger partial charge is 0.270 e. The van der Waals surface area contributed by atoms with Crippen molar-refractivity contribution >= 4 is 17.0 Å². The lowest BCUT2D eigenvalue weighted by molar-refractivity contribution is -0.384. The highest BCUT2D eigenvalue weighted by Gasteiger charge is 2.17. The van der Waals surface area contributed by atoms with Gasteiger partial charge >= 0.3 is 0 Å². The fourth-order valence-electron chi connectivity index (χ4n) is 2.31. The van der Waals surface area contributed by atoms with Crippen LogP contribution in [0, 0.1) is 10.1 Å². The summed E-state index contributed by atoms with van der Waals surface area (Å²) >= 11 is 1.43. The highest BCUT2D eigenvalue weighted by Crippen LogP contribution is 2.35. The molecule has 0 saturated heterocycles. The van der Waals surface area contributed by atoms with Gasteiger partial charge in [-0.1, -0.05) is 30.3 Å². The Bertz CT molecular complexity index is 878. The molecule has 1 atom stereocenters. The molecule has 2 N–H and O–H groups in total. The van der Waals surface area contributed by atoms with E-state index in [1.54, 1.807) is 6.07 Å². The van der Waals surface area contributed by atoms with E-state index in [1.807, 2.05) is 42.6 Å². The highest BCUT2D eigenvalue weighted by atomic mass is 32.1. The molecule has 2 aromatic carbocycles. The van der Waals surface area contributed by atoms with E-state index in [0.29, 0.717) is 23.6 Å². The van der Waals surface area contributed by atoms with Crippen LogP contribution >= 0.6 is 11.3 Å². The Hall–Kier alpha value is -2.77. The molecule has 1 aromatic heterocycles. The van der Waals surface area contributed by atoms with Gasteiger partial charge in [0.05, 0.1) is 16.7 Å². The highest BCUT2D eigenvalue weighted by molar-refractivity contribution is 7.10. The summed E-state index contributed by atoms with van der Waals surface area (Å²) in [6.45, 7) is 2.22. The largest absolute Gasteiger partial charge is 0.488 e. The van der Waals surface area contributed by atoms with E-state index in [1.165, 1.54) is 23.5 Å². The second-order valence-electron chi connectivity index (χ2n) is 5.57. The molecular weight excluding hydrogens is 338 g/mol. The summed E-state index contributed by atoms with van der Waals surface area (Å²) in [7, 11) is 0. The zero-order chi connectivity index (χ0) is 17.8. The molecule has 0 spiro atoms. The van der Waals surface area contributed by atoms with Crippen molar-refractivity contribution in [2.24, 2.45) is 5.73 Å². The number of nitro groups is 1. The van der Waals surface area contributed by atoms with Gasteiger partial charge in [-0.2, -0.15) is 0 Å². The van der Waals surface area contributed by atoms with Gasteiger partial charge in [-0.15, -0.1) is 11.3 Å². The maximum atomic E-state index is 11.1. The minimum absolute atomic E-state index is 0.00240. The summed E-state index contributed by atoms with van der Waals surface area (Å²) in [6.07, 6.45) is 0. The normalized spacial score (nSPS) is 11.9. The van der Waals surface area contributed by atoms with Gasteiger partial charge in [-0.3, -0.25) is 10.1 Å². The van der Waals surface area contributed by atoms with Crippen molar-refractivity contribution in [2.45, 2.75) is 19.6 Å². The van der Waals surface area contributed by atoms with Gasteiger partial charge in [-0.05, 0) is 18.6 Å². The van der Waals surface area contributed by atoms with Crippen LogP contribution in [0.1, 0.15) is 23.5 Å². The lowest BCUT2D eigenvalue weighted by Crippen LogP contribution is -2.04. The first kappa shape index (κ1) is 17.1. The van der Waals surface area contributed by atoms with Crippen LogP contribution in [0.15, 0.2) is 53.9 Å². The Balaban J connectivity index is 1.94. The Morgan fingerprint density at radius 2 is 2.04 bits per heavy atom. The first-order chi connectivity index (χ1) is 12.0. The van der Waals surface area contributed by atoms with Gasteiger partial charge in [0.1, 0.15) is 17.4 Å². The molecule has 0 aliphatic carbocycles. The van der Waals surface area contributed by atoms with Crippen molar-refractivity contribution in [3.63, 3.8) is 0 Å². The van der Waals surface area contributed by atoms with E-state index >= 15 is 0 Å². The number of nitrogens with zero attached hydrogens (tertiary/aromatic N) is 2. The number of ether oxygens (including phenoxy) is 1. The monoisotopic (exact) mass is 355 g/mol. The zero-order valence-electron chi connectivity index (χ0n) is 13.6. The number of hydrogen-bond acceptors (Lipinski definition) is 6. The zero-order valence-corrected chi connectivity index (χ0v) is 14.4. The van der Waals surface area contributed by atoms with Gasteiger partial charge in [0.2, 0.25) is 0 Å². The fraction of sp³-hybridized carbons (Fsp3) is 0.167. The summed E-state index contributed by atoms with van der Waals surface area (Å²) in [4.78, 5) is 15.2. The summed E-state index contributed by atoms with van der Waals surface area (Å²) in [5.74, 6) is 0.552. The van der Waals surface area contributed by atoms with Crippen molar-refractivity contribution in [3.05, 3.63) is 74.6 Å². The van der Waals surface area contributed by atoms with Crippen molar-refractivity contribution < 1.29 is 9.66 Å². The number of thiazole rings is 1. The van der Waals surface area contributed by atoms with Crippen LogP contribution < -0.4 is 10.5 Å². The van der Waals surface area contributed by atoms with Crippen LogP contribution in [0.5, 0.6) is 5.75 Å². The van der Waals surface area contributed by atoms with E-state index < -0.39 is 4.92 Å². The van der Waals surface area contributed by atoms with Crippen LogP contribution in [-0.4, -0.2) is 9.91 Å². The number of aromatic nitrogens is 1. The second-order valence-corrected chi connectivity index (χ2v) is 6.46. The third-order valence-corrected chi connectivity index (χ3v) is 4.64. The molecule has 0 amide bonds. The van der Waals surface area contributed by atoms with Crippen LogP contribution in [0.25, 0.3) is 11.3 Å². The van der Waals surface area contributed by atoms with E-state index in [0.717, 1.165) is 10.6 Å². The minimum Gasteiger partial charge on any atom is -0.488 e. The molecule has 0 aliphatic rings. The molecule has 128 valence electrons. The van der Waals surface area contributed by atoms with Gasteiger partial charge in [0.15, 0.2) is 0 Å². The number of rotatable bonds is 6. The molecule has 6 nitrogen and oxygen atoms in total. The maximum Gasteiger partial charge on any atom is 0.270 e. The van der Waals surface area contributed by atoms with Crippen LogP contribution in [0.2, 0.25) is 0 Å². The second kappa shape index (κ2) is 7.42. The molecule has 3 aromatic rings. The first-order valence-electron chi connectivity index (χ1n) is 7.71. The van der Waals surface area contributed by atoms with E-state index in [4.69, 9.17) is 10.5 Å². The van der Waals surface area contributed by atoms with E-state index in [9.17, 15) is 10.1 Å². The molecule has 1 heterocycles. The number of nitrogens with two attached hydrogens (primary N) is 1. The summed E-state index contributed by atoms with van der Waals surface area (Å²) in [5.41, 5.74) is 8.10. The Labute approximate surface area is 149 Å². The van der Waals surface area contributed by atoms with Crippen LogP contribution in [-0.2, 0) is 6.61 Å². The van der Waals surface area contributed by atoms with Crippen molar-refractivity contribution in [3.8, 4) is 17.0 Å². The Morgan fingerprint density at radius 3 is 2.68 bits per heavy atom. The molecule has 7 heteroatoms. The maximum absolute atomic E-state index is 11.1. The number of non-ortho nitro benzene ring substituents is 1. The quantitative estimate of drug-likeness (QED) is 0.525. The van der Waals surface area contributed by atoms with Crippen LogP contribution in [0.3, 0.4) is 0 Å². The van der Waals surface area contributed by atoms with E-state index in [2.05, 4.69) is 4.98 Å². The Kier molecular flexibility index (Phi) is 5.06. The Morgan fingerprint density at radius 1 is 1.28 bits per heavy atom. The lowest BCUT2D eigenvalue weighted by atomic mass is 10.1. The molecular formula is C18H17N3O3S. The molecule has 0 saturated carbocycles. The summed E-state index contributed by atoms with van der Waals surface area (Å²) in [5, 5.41) is 13.7. The van der Waals surface area contributed by atoms with Crippen molar-refractivity contribution in [2.75, 3.05) is 0 Å². The number of benzene rings is 2. The summed E-state index contributed by atoms with van der Waals surface area (Å²) in [6, 6.07) is 14.1. The van der Waals surface area contributed by atoms with Crippen molar-refractivity contribution in [1.82, 2.24) is 4.98 Å². The molecule has 0 radical (unpaired) electrons. The first-order valence-corrected chi connectivity index (χ1v) is 8.59. The van der Waals surface area contributed by atoms with Gasteiger partial charge in [0, 0.05) is 23.1 Å². The van der Waals surface area contributed by atoms with Crippen LogP contribution in [0.4, 0.5) is 5.69 Å². The molecule has 0 fully saturated rings.